The average Bonchev–Trinajstić information content (AvgIpc) is 2.94. The number of aromatic nitrogens is 2. The van der Waals surface area contributed by atoms with Gasteiger partial charge in [0.25, 0.3) is 0 Å². The molecule has 2 N–H and O–H groups in total. The third kappa shape index (κ3) is 4.10. The van der Waals surface area contributed by atoms with Gasteiger partial charge in [0, 0.05) is 18.8 Å². The smallest absolute Gasteiger partial charge is 0.338 e. The first-order chi connectivity index (χ1) is 9.31. The molecule has 1 aliphatic heterocycles. The Morgan fingerprint density at radius 2 is 2.19 bits per heavy atom. The largest absolute Gasteiger partial charge is 0.435 e. The zero-order valence-electron chi connectivity index (χ0n) is 11.5. The van der Waals surface area contributed by atoms with Crippen LogP contribution in [0.2, 0.25) is 0 Å². The Hall–Kier alpha value is -1.28. The summed E-state index contributed by atoms with van der Waals surface area (Å²) in [7, 11) is 0. The minimum atomic E-state index is -4.49. The van der Waals surface area contributed by atoms with E-state index in [4.69, 9.17) is 5.73 Å². The molecule has 2 rings (SSSR count). The summed E-state index contributed by atoms with van der Waals surface area (Å²) < 4.78 is 38.3. The van der Waals surface area contributed by atoms with Gasteiger partial charge in [-0.05, 0) is 31.9 Å². The van der Waals surface area contributed by atoms with Crippen LogP contribution >= 0.6 is 12.4 Å². The van der Waals surface area contributed by atoms with E-state index in [1.807, 2.05) is 6.92 Å². The molecule has 0 saturated carbocycles. The number of nitrogens with zero attached hydrogens (tertiary/aromatic N) is 3. The summed E-state index contributed by atoms with van der Waals surface area (Å²) in [6.45, 7) is 2.80. The van der Waals surface area contributed by atoms with Crippen molar-refractivity contribution in [2.45, 2.75) is 32.1 Å². The van der Waals surface area contributed by atoms with Gasteiger partial charge in [-0.1, -0.05) is 0 Å². The summed E-state index contributed by atoms with van der Waals surface area (Å²) >= 11 is 0. The molecule has 1 aromatic rings. The lowest BCUT2D eigenvalue weighted by Gasteiger charge is -2.21. The molecular formula is C12H18ClF3N4O. The third-order valence-electron chi connectivity index (χ3n) is 3.54. The molecule has 9 heteroatoms. The number of nitrogens with two attached hydrogens (primary N) is 1. The highest BCUT2D eigenvalue weighted by atomic mass is 35.5. The van der Waals surface area contributed by atoms with Crippen LogP contribution in [0.5, 0.6) is 0 Å². The summed E-state index contributed by atoms with van der Waals surface area (Å²) in [6.07, 6.45) is -2.49. The summed E-state index contributed by atoms with van der Waals surface area (Å²) in [5.41, 5.74) is 4.60. The van der Waals surface area contributed by atoms with E-state index in [0.29, 0.717) is 13.1 Å². The Balaban J connectivity index is 0.00000220. The lowest BCUT2D eigenvalue weighted by Crippen LogP contribution is -2.37. The van der Waals surface area contributed by atoms with E-state index in [1.165, 1.54) is 6.20 Å². The lowest BCUT2D eigenvalue weighted by atomic mass is 10.1. The van der Waals surface area contributed by atoms with Gasteiger partial charge in [-0.3, -0.25) is 9.48 Å². The summed E-state index contributed by atoms with van der Waals surface area (Å²) in [5.74, 6) is 0.0302. The van der Waals surface area contributed by atoms with Gasteiger partial charge in [0.1, 0.15) is 6.54 Å². The van der Waals surface area contributed by atoms with Gasteiger partial charge in [-0.2, -0.15) is 18.3 Å². The molecule has 2 unspecified atom stereocenters. The van der Waals surface area contributed by atoms with E-state index in [0.717, 1.165) is 17.2 Å². The van der Waals surface area contributed by atoms with E-state index in [9.17, 15) is 18.0 Å². The van der Waals surface area contributed by atoms with Gasteiger partial charge < -0.3 is 10.6 Å². The molecule has 1 aliphatic rings. The molecule has 2 heterocycles. The molecule has 21 heavy (non-hydrogen) atoms. The second kappa shape index (κ2) is 6.65. The first kappa shape index (κ1) is 17.8. The predicted molar refractivity (Wildman–Crippen MR) is 72.8 cm³/mol. The van der Waals surface area contributed by atoms with Crippen LogP contribution in [0.15, 0.2) is 12.3 Å². The molecule has 0 aliphatic carbocycles. The van der Waals surface area contributed by atoms with Crippen LogP contribution in [0.1, 0.15) is 19.0 Å². The van der Waals surface area contributed by atoms with Crippen LogP contribution in [-0.2, 0) is 17.5 Å². The third-order valence-corrected chi connectivity index (χ3v) is 3.54. The van der Waals surface area contributed by atoms with Crippen LogP contribution in [0.4, 0.5) is 13.2 Å². The minimum Gasteiger partial charge on any atom is -0.338 e. The lowest BCUT2D eigenvalue weighted by molar-refractivity contribution is -0.142. The normalized spacial score (nSPS) is 22.2. The topological polar surface area (TPSA) is 64.2 Å². The predicted octanol–water partition coefficient (Wildman–Crippen LogP) is 1.52. The van der Waals surface area contributed by atoms with Gasteiger partial charge in [0.05, 0.1) is 0 Å². The first-order valence-corrected chi connectivity index (χ1v) is 6.41. The molecule has 120 valence electrons. The van der Waals surface area contributed by atoms with Crippen molar-refractivity contribution in [1.29, 1.82) is 0 Å². The molecule has 1 fully saturated rings. The Labute approximate surface area is 126 Å². The van der Waals surface area contributed by atoms with Crippen LogP contribution in [0.3, 0.4) is 0 Å². The second-order valence-electron chi connectivity index (χ2n) is 5.13. The van der Waals surface area contributed by atoms with Crippen molar-refractivity contribution >= 4 is 18.3 Å². The monoisotopic (exact) mass is 326 g/mol. The molecule has 0 bridgehead atoms. The highest BCUT2D eigenvalue weighted by Gasteiger charge is 2.34. The van der Waals surface area contributed by atoms with Gasteiger partial charge >= 0.3 is 6.18 Å². The molecule has 2 atom stereocenters. The molecule has 0 aromatic carbocycles. The van der Waals surface area contributed by atoms with Gasteiger partial charge in [0.15, 0.2) is 5.69 Å². The molecule has 1 saturated heterocycles. The van der Waals surface area contributed by atoms with Gasteiger partial charge in [-0.25, -0.2) is 0 Å². The van der Waals surface area contributed by atoms with Crippen molar-refractivity contribution < 1.29 is 18.0 Å². The number of carbonyl (C=O) groups excluding carboxylic acids is 1. The zero-order chi connectivity index (χ0) is 14.9. The van der Waals surface area contributed by atoms with Crippen LogP contribution in [0, 0.1) is 5.92 Å². The number of hydrogen-bond acceptors (Lipinski definition) is 3. The SMILES string of the molecule is CC1CC(CN)CN1C(=O)Cn1ccc(C(F)(F)F)n1.Cl. The molecule has 5 nitrogen and oxygen atoms in total. The number of amides is 1. The van der Waals surface area contributed by atoms with Crippen LogP contribution in [0.25, 0.3) is 0 Å². The highest BCUT2D eigenvalue weighted by Crippen LogP contribution is 2.27. The Kier molecular flexibility index (Phi) is 5.63. The van der Waals surface area contributed by atoms with E-state index >= 15 is 0 Å². The summed E-state index contributed by atoms with van der Waals surface area (Å²) in [5, 5.41) is 3.38. The molecular weight excluding hydrogens is 309 g/mol. The number of hydrogen-bond donors (Lipinski definition) is 1. The number of rotatable bonds is 3. The molecule has 1 amide bonds. The fourth-order valence-corrected chi connectivity index (χ4v) is 2.49. The molecule has 0 radical (unpaired) electrons. The number of carbonyl (C=O) groups is 1. The van der Waals surface area contributed by atoms with Gasteiger partial charge in [-0.15, -0.1) is 12.4 Å². The van der Waals surface area contributed by atoms with E-state index < -0.39 is 11.9 Å². The van der Waals surface area contributed by atoms with Gasteiger partial charge in [0.2, 0.25) is 5.91 Å². The number of halogens is 4. The molecule has 0 spiro atoms. The first-order valence-electron chi connectivity index (χ1n) is 6.41. The van der Waals surface area contributed by atoms with E-state index in [2.05, 4.69) is 5.10 Å². The quantitative estimate of drug-likeness (QED) is 0.916. The van der Waals surface area contributed by atoms with E-state index in [1.54, 1.807) is 4.90 Å². The maximum Gasteiger partial charge on any atom is 0.435 e. The van der Waals surface area contributed by atoms with Crippen molar-refractivity contribution in [3.63, 3.8) is 0 Å². The Morgan fingerprint density at radius 3 is 2.67 bits per heavy atom. The van der Waals surface area contributed by atoms with E-state index in [-0.39, 0.29) is 36.8 Å². The van der Waals surface area contributed by atoms with Crippen molar-refractivity contribution in [1.82, 2.24) is 14.7 Å². The molecule has 1 aromatic heterocycles. The number of alkyl halides is 3. The summed E-state index contributed by atoms with van der Waals surface area (Å²) in [4.78, 5) is 13.7. The fourth-order valence-electron chi connectivity index (χ4n) is 2.49. The Bertz CT molecular complexity index is 491. The van der Waals surface area contributed by atoms with Crippen molar-refractivity contribution in [2.24, 2.45) is 11.7 Å². The summed E-state index contributed by atoms with van der Waals surface area (Å²) in [6, 6.07) is 0.928. The van der Waals surface area contributed by atoms with Crippen molar-refractivity contribution in [2.75, 3.05) is 13.1 Å². The minimum absolute atomic E-state index is 0. The second-order valence-corrected chi connectivity index (χ2v) is 5.13. The maximum absolute atomic E-state index is 12.4. The van der Waals surface area contributed by atoms with Crippen molar-refractivity contribution in [3.8, 4) is 0 Å². The van der Waals surface area contributed by atoms with Crippen LogP contribution < -0.4 is 5.73 Å². The average molecular weight is 327 g/mol. The van der Waals surface area contributed by atoms with Crippen LogP contribution in [-0.4, -0.2) is 39.7 Å². The number of likely N-dealkylation sites (tertiary alicyclic amines) is 1. The fraction of sp³-hybridized carbons (Fsp3) is 0.667. The highest BCUT2D eigenvalue weighted by molar-refractivity contribution is 5.85. The van der Waals surface area contributed by atoms with Crippen molar-refractivity contribution in [3.05, 3.63) is 18.0 Å². The maximum atomic E-state index is 12.4. The Morgan fingerprint density at radius 1 is 1.52 bits per heavy atom. The standard InChI is InChI=1S/C12H17F3N4O.ClH/c1-8-4-9(5-16)6-19(8)11(20)7-18-3-2-10(17-18)12(13,14)15;/h2-3,8-9H,4-7,16H2,1H3;1H. The zero-order valence-corrected chi connectivity index (χ0v) is 12.3.